The summed E-state index contributed by atoms with van der Waals surface area (Å²) in [6, 6.07) is 5.05. The van der Waals surface area contributed by atoms with E-state index in [0.717, 1.165) is 11.1 Å². The van der Waals surface area contributed by atoms with E-state index in [-0.39, 0.29) is 11.5 Å². The lowest BCUT2D eigenvalue weighted by Gasteiger charge is -2.29. The third-order valence-corrected chi connectivity index (χ3v) is 6.50. The van der Waals surface area contributed by atoms with Crippen LogP contribution in [0.2, 0.25) is 0 Å². The van der Waals surface area contributed by atoms with Crippen LogP contribution in [-0.2, 0) is 19.4 Å². The fourth-order valence-electron chi connectivity index (χ4n) is 2.97. The zero-order chi connectivity index (χ0) is 19.5. The molecule has 2 rings (SSSR count). The van der Waals surface area contributed by atoms with Crippen molar-refractivity contribution in [3.05, 3.63) is 29.3 Å². The van der Waals surface area contributed by atoms with Crippen molar-refractivity contribution in [2.45, 2.75) is 26.3 Å². The minimum absolute atomic E-state index is 0.0576. The molecule has 26 heavy (non-hydrogen) atoms. The summed E-state index contributed by atoms with van der Waals surface area (Å²) in [4.78, 5) is 28.6. The highest BCUT2D eigenvalue weighted by molar-refractivity contribution is 7.91. The van der Waals surface area contributed by atoms with Gasteiger partial charge in [-0.15, -0.1) is 0 Å². The van der Waals surface area contributed by atoms with E-state index in [4.69, 9.17) is 0 Å². The molecule has 1 fully saturated rings. The van der Waals surface area contributed by atoms with Gasteiger partial charge in [0.05, 0.1) is 11.5 Å². The minimum atomic E-state index is -3.15. The molecule has 0 bridgehead atoms. The first-order valence-corrected chi connectivity index (χ1v) is 10.5. The van der Waals surface area contributed by atoms with Crippen LogP contribution in [0.3, 0.4) is 0 Å². The Bertz CT molecular complexity index is 790. The molecule has 144 valence electrons. The van der Waals surface area contributed by atoms with Crippen molar-refractivity contribution in [2.75, 3.05) is 44.0 Å². The average Bonchev–Trinajstić information content (AvgIpc) is 2.91. The number of benzene rings is 1. The van der Waals surface area contributed by atoms with Crippen molar-refractivity contribution in [3.63, 3.8) is 0 Å². The van der Waals surface area contributed by atoms with Crippen LogP contribution in [0.15, 0.2) is 18.2 Å². The van der Waals surface area contributed by atoms with E-state index in [1.165, 1.54) is 4.90 Å². The van der Waals surface area contributed by atoms with E-state index in [0.29, 0.717) is 25.2 Å². The Morgan fingerprint density at radius 1 is 1.19 bits per heavy atom. The number of likely N-dealkylation sites (N-methyl/N-ethyl adjacent to an activating group) is 1. The normalized spacial score (nSPS) is 18.7. The molecule has 1 atom stereocenters. The molecule has 0 saturated carbocycles. The van der Waals surface area contributed by atoms with Gasteiger partial charge in [0, 0.05) is 24.8 Å². The lowest BCUT2D eigenvalue weighted by molar-refractivity contribution is -0.144. The predicted octanol–water partition coefficient (Wildman–Crippen LogP) is 0.819. The van der Waals surface area contributed by atoms with E-state index >= 15 is 0 Å². The first-order chi connectivity index (χ1) is 12.1. The molecule has 0 spiro atoms. The summed E-state index contributed by atoms with van der Waals surface area (Å²) in [5.41, 5.74) is 2.51. The first-order valence-electron chi connectivity index (χ1n) is 8.64. The number of aryl methyl sites for hydroxylation is 1. The second-order valence-electron chi connectivity index (χ2n) is 7.06. The van der Waals surface area contributed by atoms with Crippen LogP contribution in [0.25, 0.3) is 0 Å². The Morgan fingerprint density at radius 2 is 1.88 bits per heavy atom. The van der Waals surface area contributed by atoms with Gasteiger partial charge in [-0.05, 0) is 51.6 Å². The zero-order valence-corrected chi connectivity index (χ0v) is 16.6. The van der Waals surface area contributed by atoms with E-state index in [2.05, 4.69) is 5.32 Å². The van der Waals surface area contributed by atoms with Gasteiger partial charge in [-0.25, -0.2) is 8.42 Å². The number of sulfone groups is 1. The fraction of sp³-hybridized carbons (Fsp3) is 0.556. The molecule has 1 aromatic rings. The summed E-state index contributed by atoms with van der Waals surface area (Å²) < 4.78 is 23.6. The predicted molar refractivity (Wildman–Crippen MR) is 102 cm³/mol. The highest BCUT2D eigenvalue weighted by atomic mass is 32.2. The van der Waals surface area contributed by atoms with Gasteiger partial charge in [0.2, 0.25) is 0 Å². The van der Waals surface area contributed by atoms with Crippen molar-refractivity contribution in [2.24, 2.45) is 0 Å². The molecular weight excluding hydrogens is 354 g/mol. The summed E-state index contributed by atoms with van der Waals surface area (Å²) in [6.07, 6.45) is 0.373. The Kier molecular flexibility index (Phi) is 6.41. The minimum Gasteiger partial charge on any atom is -0.329 e. The van der Waals surface area contributed by atoms with Gasteiger partial charge in [-0.2, -0.15) is 0 Å². The molecular formula is C18H27N3O4S. The topological polar surface area (TPSA) is 86.8 Å². The van der Waals surface area contributed by atoms with Crippen LogP contribution in [0, 0.1) is 13.8 Å². The number of nitrogens with zero attached hydrogens (tertiary/aromatic N) is 2. The molecule has 1 aliphatic rings. The van der Waals surface area contributed by atoms with Crippen molar-refractivity contribution in [1.29, 1.82) is 0 Å². The number of hydrogen-bond acceptors (Lipinski definition) is 5. The molecule has 1 heterocycles. The number of anilines is 1. The number of hydrogen-bond donors (Lipinski definition) is 1. The Labute approximate surface area is 155 Å². The van der Waals surface area contributed by atoms with Gasteiger partial charge in [-0.3, -0.25) is 9.59 Å². The smallest absolute Gasteiger partial charge is 0.313 e. The Morgan fingerprint density at radius 3 is 2.46 bits per heavy atom. The second kappa shape index (κ2) is 8.18. The van der Waals surface area contributed by atoms with Crippen molar-refractivity contribution < 1.29 is 18.0 Å². The van der Waals surface area contributed by atoms with Crippen LogP contribution in [0.4, 0.5) is 5.69 Å². The molecule has 8 heteroatoms. The monoisotopic (exact) mass is 381 g/mol. The summed E-state index contributed by atoms with van der Waals surface area (Å²) >= 11 is 0. The Hall–Kier alpha value is -1.93. The number of amides is 2. The van der Waals surface area contributed by atoms with Gasteiger partial charge in [0.15, 0.2) is 9.84 Å². The largest absolute Gasteiger partial charge is 0.329 e. The van der Waals surface area contributed by atoms with Gasteiger partial charge in [0.25, 0.3) is 0 Å². The molecule has 1 saturated heterocycles. The third kappa shape index (κ3) is 5.04. The highest BCUT2D eigenvalue weighted by Crippen LogP contribution is 2.20. The van der Waals surface area contributed by atoms with E-state index < -0.39 is 27.7 Å². The Balaban J connectivity index is 2.16. The summed E-state index contributed by atoms with van der Waals surface area (Å²) in [5, 5.41) is 2.67. The number of rotatable bonds is 5. The van der Waals surface area contributed by atoms with Crippen LogP contribution in [0.1, 0.15) is 17.5 Å². The lowest BCUT2D eigenvalue weighted by Crippen LogP contribution is -2.49. The standard InChI is InChI=1S/C18H27N3O4S/c1-13-6-5-7-16(14(13)2)19-17(22)18(23)21(10-9-20(3)4)15-8-11-26(24,25)12-15/h5-7,15H,8-12H2,1-4H3,(H,19,22). The lowest BCUT2D eigenvalue weighted by atomic mass is 10.1. The van der Waals surface area contributed by atoms with E-state index in [1.54, 1.807) is 6.07 Å². The summed E-state index contributed by atoms with van der Waals surface area (Å²) in [5.74, 6) is -1.44. The van der Waals surface area contributed by atoms with E-state index in [1.807, 2.05) is 45.0 Å². The number of carbonyl (C=O) groups excluding carboxylic acids is 2. The molecule has 1 N–H and O–H groups in total. The highest BCUT2D eigenvalue weighted by Gasteiger charge is 2.36. The molecule has 0 aromatic heterocycles. The third-order valence-electron chi connectivity index (χ3n) is 4.75. The number of nitrogens with one attached hydrogen (secondary N) is 1. The molecule has 1 aromatic carbocycles. The second-order valence-corrected chi connectivity index (χ2v) is 9.29. The quantitative estimate of drug-likeness (QED) is 0.763. The SMILES string of the molecule is Cc1cccc(NC(=O)C(=O)N(CCN(C)C)C2CCS(=O)(=O)C2)c1C. The first kappa shape index (κ1) is 20.4. The van der Waals surface area contributed by atoms with Crippen molar-refractivity contribution in [1.82, 2.24) is 9.80 Å². The van der Waals surface area contributed by atoms with Crippen LogP contribution in [0.5, 0.6) is 0 Å². The molecule has 0 aliphatic carbocycles. The van der Waals surface area contributed by atoms with Crippen LogP contribution >= 0.6 is 0 Å². The molecule has 1 aliphatic heterocycles. The fourth-order valence-corrected chi connectivity index (χ4v) is 4.70. The van der Waals surface area contributed by atoms with Gasteiger partial charge >= 0.3 is 11.8 Å². The van der Waals surface area contributed by atoms with E-state index in [9.17, 15) is 18.0 Å². The molecule has 7 nitrogen and oxygen atoms in total. The van der Waals surface area contributed by atoms with Gasteiger partial charge in [0.1, 0.15) is 0 Å². The molecule has 2 amide bonds. The zero-order valence-electron chi connectivity index (χ0n) is 15.8. The average molecular weight is 381 g/mol. The number of carbonyl (C=O) groups is 2. The molecule has 0 radical (unpaired) electrons. The van der Waals surface area contributed by atoms with Crippen LogP contribution < -0.4 is 5.32 Å². The van der Waals surface area contributed by atoms with Gasteiger partial charge < -0.3 is 15.1 Å². The molecule has 1 unspecified atom stereocenters. The van der Waals surface area contributed by atoms with Gasteiger partial charge in [-0.1, -0.05) is 12.1 Å². The van der Waals surface area contributed by atoms with Crippen LogP contribution in [-0.4, -0.2) is 74.8 Å². The van der Waals surface area contributed by atoms with Crippen molar-refractivity contribution in [3.8, 4) is 0 Å². The maximum absolute atomic E-state index is 12.8. The van der Waals surface area contributed by atoms with Crippen molar-refractivity contribution >= 4 is 27.3 Å². The maximum atomic E-state index is 12.8. The maximum Gasteiger partial charge on any atom is 0.313 e. The summed E-state index contributed by atoms with van der Waals surface area (Å²) in [7, 11) is 0.582. The summed E-state index contributed by atoms with van der Waals surface area (Å²) in [6.45, 7) is 4.67.